The van der Waals surface area contributed by atoms with E-state index in [4.69, 9.17) is 4.74 Å². The van der Waals surface area contributed by atoms with E-state index in [-0.39, 0.29) is 17.4 Å². The Hall–Kier alpha value is -2.21. The first-order chi connectivity index (χ1) is 11.6. The lowest BCUT2D eigenvalue weighted by Crippen LogP contribution is -2.37. The van der Waals surface area contributed by atoms with Crippen LogP contribution in [0.3, 0.4) is 0 Å². The minimum atomic E-state index is -0.0883. The van der Waals surface area contributed by atoms with E-state index in [1.165, 1.54) is 0 Å². The third-order valence-corrected chi connectivity index (χ3v) is 4.45. The summed E-state index contributed by atoms with van der Waals surface area (Å²) in [4.78, 5) is 30.9. The van der Waals surface area contributed by atoms with Gasteiger partial charge in [0, 0.05) is 18.8 Å². The quantitative estimate of drug-likeness (QED) is 0.800. The van der Waals surface area contributed by atoms with Gasteiger partial charge in [-0.1, -0.05) is 6.07 Å². The average Bonchev–Trinajstić information content (AvgIpc) is 2.56. The van der Waals surface area contributed by atoms with Gasteiger partial charge in [0.1, 0.15) is 5.65 Å². The zero-order chi connectivity index (χ0) is 17.1. The average molecular weight is 329 g/mol. The van der Waals surface area contributed by atoms with Gasteiger partial charge in [0.15, 0.2) is 0 Å². The number of fused-ring (bicyclic) bond motifs is 1. The van der Waals surface area contributed by atoms with Crippen molar-refractivity contribution >= 4 is 11.6 Å². The van der Waals surface area contributed by atoms with Crippen LogP contribution in [0.5, 0.6) is 0 Å². The fourth-order valence-electron chi connectivity index (χ4n) is 3.16. The van der Waals surface area contributed by atoms with Crippen LogP contribution < -0.4 is 5.56 Å². The number of carbonyl (C=O) groups excluding carboxylic acids is 1. The number of hydrogen-bond acceptors (Lipinski definition) is 5. The van der Waals surface area contributed by atoms with Gasteiger partial charge in [-0.3, -0.25) is 18.9 Å². The predicted molar refractivity (Wildman–Crippen MR) is 90.8 cm³/mol. The van der Waals surface area contributed by atoms with Crippen LogP contribution in [0.4, 0.5) is 0 Å². The first-order valence-electron chi connectivity index (χ1n) is 8.44. The second-order valence-electron chi connectivity index (χ2n) is 6.32. The third kappa shape index (κ3) is 3.64. The standard InChI is InChI=1S/C18H23N3O3/c1-3-24-18(23)14-6-8-20(9-7-14)12-15-10-17(22)21-11-13(2)4-5-16(21)19-15/h4-5,10-11,14H,3,6-9,12H2,1-2H3. The first kappa shape index (κ1) is 16.6. The van der Waals surface area contributed by atoms with Crippen molar-refractivity contribution in [2.75, 3.05) is 19.7 Å². The smallest absolute Gasteiger partial charge is 0.309 e. The molecule has 0 amide bonds. The molecule has 6 heteroatoms. The zero-order valence-electron chi connectivity index (χ0n) is 14.2. The number of hydrogen-bond donors (Lipinski definition) is 0. The van der Waals surface area contributed by atoms with Crippen LogP contribution in [-0.4, -0.2) is 40.0 Å². The van der Waals surface area contributed by atoms with Crippen molar-refractivity contribution in [1.82, 2.24) is 14.3 Å². The highest BCUT2D eigenvalue weighted by Gasteiger charge is 2.26. The molecule has 0 aliphatic carbocycles. The Morgan fingerprint density at radius 2 is 2.08 bits per heavy atom. The normalized spacial score (nSPS) is 16.4. The van der Waals surface area contributed by atoms with E-state index < -0.39 is 0 Å². The van der Waals surface area contributed by atoms with Gasteiger partial charge in [0.05, 0.1) is 18.2 Å². The van der Waals surface area contributed by atoms with E-state index in [2.05, 4.69) is 9.88 Å². The second-order valence-corrected chi connectivity index (χ2v) is 6.32. The molecule has 0 unspecified atom stereocenters. The molecular weight excluding hydrogens is 306 g/mol. The monoisotopic (exact) mass is 329 g/mol. The van der Waals surface area contributed by atoms with Crippen molar-refractivity contribution in [2.24, 2.45) is 5.92 Å². The van der Waals surface area contributed by atoms with Crippen LogP contribution in [0, 0.1) is 12.8 Å². The summed E-state index contributed by atoms with van der Waals surface area (Å²) in [6.07, 6.45) is 3.40. The summed E-state index contributed by atoms with van der Waals surface area (Å²) in [6, 6.07) is 5.42. The van der Waals surface area contributed by atoms with Crippen molar-refractivity contribution in [3.05, 3.63) is 46.0 Å². The van der Waals surface area contributed by atoms with Crippen molar-refractivity contribution in [2.45, 2.75) is 33.2 Å². The summed E-state index contributed by atoms with van der Waals surface area (Å²) in [5.41, 5.74) is 2.42. The number of rotatable bonds is 4. The number of piperidine rings is 1. The highest BCUT2D eigenvalue weighted by molar-refractivity contribution is 5.72. The van der Waals surface area contributed by atoms with E-state index in [1.54, 1.807) is 16.7 Å². The van der Waals surface area contributed by atoms with E-state index >= 15 is 0 Å². The van der Waals surface area contributed by atoms with E-state index in [1.807, 2.05) is 26.0 Å². The number of carbonyl (C=O) groups is 1. The molecule has 3 rings (SSSR count). The SMILES string of the molecule is CCOC(=O)C1CCN(Cc2cc(=O)n3cc(C)ccc3n2)CC1. The number of aromatic nitrogens is 2. The summed E-state index contributed by atoms with van der Waals surface area (Å²) < 4.78 is 6.67. The molecule has 1 aliphatic rings. The Labute approximate surface area is 141 Å². The van der Waals surface area contributed by atoms with Gasteiger partial charge in [-0.05, 0) is 51.4 Å². The zero-order valence-corrected chi connectivity index (χ0v) is 14.2. The number of likely N-dealkylation sites (tertiary alicyclic amines) is 1. The van der Waals surface area contributed by atoms with Crippen molar-refractivity contribution < 1.29 is 9.53 Å². The highest BCUT2D eigenvalue weighted by Crippen LogP contribution is 2.20. The summed E-state index contributed by atoms with van der Waals surface area (Å²) in [7, 11) is 0. The van der Waals surface area contributed by atoms with Crippen molar-refractivity contribution in [3.8, 4) is 0 Å². The molecule has 6 nitrogen and oxygen atoms in total. The van der Waals surface area contributed by atoms with Gasteiger partial charge in [-0.2, -0.15) is 0 Å². The molecule has 24 heavy (non-hydrogen) atoms. The summed E-state index contributed by atoms with van der Waals surface area (Å²) in [6.45, 7) is 6.49. The maximum atomic E-state index is 12.2. The molecular formula is C18H23N3O3. The fraction of sp³-hybridized carbons (Fsp3) is 0.500. The van der Waals surface area contributed by atoms with Crippen LogP contribution >= 0.6 is 0 Å². The van der Waals surface area contributed by atoms with Crippen LogP contribution in [0.15, 0.2) is 29.2 Å². The van der Waals surface area contributed by atoms with Crippen LogP contribution in [0.1, 0.15) is 31.0 Å². The molecule has 3 heterocycles. The maximum absolute atomic E-state index is 12.2. The first-order valence-corrected chi connectivity index (χ1v) is 8.44. The van der Waals surface area contributed by atoms with Crippen molar-refractivity contribution in [3.63, 3.8) is 0 Å². The molecule has 0 radical (unpaired) electrons. The highest BCUT2D eigenvalue weighted by atomic mass is 16.5. The molecule has 0 N–H and O–H groups in total. The molecule has 0 aromatic carbocycles. The molecule has 0 atom stereocenters. The molecule has 0 saturated carbocycles. The van der Waals surface area contributed by atoms with Gasteiger partial charge >= 0.3 is 5.97 Å². The van der Waals surface area contributed by atoms with E-state index in [0.29, 0.717) is 18.8 Å². The van der Waals surface area contributed by atoms with Crippen LogP contribution in [-0.2, 0) is 16.1 Å². The van der Waals surface area contributed by atoms with Crippen molar-refractivity contribution in [1.29, 1.82) is 0 Å². The maximum Gasteiger partial charge on any atom is 0.309 e. The van der Waals surface area contributed by atoms with Gasteiger partial charge in [-0.15, -0.1) is 0 Å². The molecule has 0 spiro atoms. The Balaban J connectivity index is 1.67. The molecule has 2 aromatic rings. The van der Waals surface area contributed by atoms with Gasteiger partial charge < -0.3 is 4.74 Å². The minimum Gasteiger partial charge on any atom is -0.466 e. The number of ether oxygens (including phenoxy) is 1. The third-order valence-electron chi connectivity index (χ3n) is 4.45. The Kier molecular flexibility index (Phi) is 4.94. The number of nitrogens with zero attached hydrogens (tertiary/aromatic N) is 3. The topological polar surface area (TPSA) is 63.9 Å². The lowest BCUT2D eigenvalue weighted by Gasteiger charge is -2.30. The van der Waals surface area contributed by atoms with Crippen LogP contribution in [0.2, 0.25) is 0 Å². The van der Waals surface area contributed by atoms with E-state index in [9.17, 15) is 9.59 Å². The molecule has 128 valence electrons. The summed E-state index contributed by atoms with van der Waals surface area (Å²) in [5.74, 6) is -0.0889. The lowest BCUT2D eigenvalue weighted by molar-refractivity contribution is -0.149. The number of aryl methyl sites for hydroxylation is 1. The summed E-state index contributed by atoms with van der Waals surface area (Å²) in [5, 5.41) is 0. The van der Waals surface area contributed by atoms with Crippen LogP contribution in [0.25, 0.3) is 5.65 Å². The molecule has 1 saturated heterocycles. The number of esters is 1. The van der Waals surface area contributed by atoms with Gasteiger partial charge in [0.2, 0.25) is 0 Å². The molecule has 1 aliphatic heterocycles. The lowest BCUT2D eigenvalue weighted by atomic mass is 9.97. The molecule has 2 aromatic heterocycles. The Morgan fingerprint density at radius 3 is 2.79 bits per heavy atom. The Morgan fingerprint density at radius 1 is 1.33 bits per heavy atom. The molecule has 1 fully saturated rings. The largest absolute Gasteiger partial charge is 0.466 e. The Bertz CT molecular complexity index is 792. The fourth-order valence-corrected chi connectivity index (χ4v) is 3.16. The molecule has 0 bridgehead atoms. The van der Waals surface area contributed by atoms with E-state index in [0.717, 1.165) is 37.2 Å². The minimum absolute atomic E-state index is 0.000590. The second kappa shape index (κ2) is 7.13. The summed E-state index contributed by atoms with van der Waals surface area (Å²) >= 11 is 0. The van der Waals surface area contributed by atoms with Gasteiger partial charge in [-0.25, -0.2) is 4.98 Å². The number of pyridine rings is 1. The predicted octanol–water partition coefficient (Wildman–Crippen LogP) is 1.78. The van der Waals surface area contributed by atoms with Gasteiger partial charge in [0.25, 0.3) is 5.56 Å².